The lowest BCUT2D eigenvalue weighted by Gasteiger charge is -2.34. The van der Waals surface area contributed by atoms with Crippen molar-refractivity contribution in [3.63, 3.8) is 0 Å². The van der Waals surface area contributed by atoms with Gasteiger partial charge in [-0.15, -0.1) is 11.3 Å². The lowest BCUT2D eigenvalue weighted by Crippen LogP contribution is -2.48. The molecule has 0 radical (unpaired) electrons. The van der Waals surface area contributed by atoms with Crippen molar-refractivity contribution in [2.75, 3.05) is 38.2 Å². The average molecular weight is 472 g/mol. The maximum atomic E-state index is 13.3. The predicted molar refractivity (Wildman–Crippen MR) is 130 cm³/mol. The van der Waals surface area contributed by atoms with Gasteiger partial charge in [0.1, 0.15) is 5.75 Å². The summed E-state index contributed by atoms with van der Waals surface area (Å²) in [5.74, 6) is 0.844. The van der Waals surface area contributed by atoms with Gasteiger partial charge in [-0.25, -0.2) is 13.4 Å². The molecule has 0 spiro atoms. The van der Waals surface area contributed by atoms with Gasteiger partial charge in [0.25, 0.3) is 0 Å². The zero-order chi connectivity index (χ0) is 22.9. The van der Waals surface area contributed by atoms with Gasteiger partial charge in [-0.05, 0) is 49.6 Å². The van der Waals surface area contributed by atoms with Crippen molar-refractivity contribution in [2.24, 2.45) is 0 Å². The molecular formula is C24H29N3O3S2. The Morgan fingerprint density at radius 2 is 1.62 bits per heavy atom. The standard InChI is InChI=1S/C24H29N3O3S2/c1-17-13-18(2)23(19(3)14-17)32(28,29)27-11-9-26(10-12-27)24-25-21(16-31-24)15-20-5-7-22(30-4)8-6-20/h5-8,13-14,16H,9-12,15H2,1-4H3. The van der Waals surface area contributed by atoms with E-state index < -0.39 is 10.0 Å². The Hall–Kier alpha value is -2.42. The molecule has 1 aliphatic heterocycles. The van der Waals surface area contributed by atoms with Gasteiger partial charge in [0.05, 0.1) is 17.7 Å². The van der Waals surface area contributed by atoms with Gasteiger partial charge in [0.15, 0.2) is 5.13 Å². The van der Waals surface area contributed by atoms with Gasteiger partial charge in [-0.1, -0.05) is 29.8 Å². The summed E-state index contributed by atoms with van der Waals surface area (Å²) in [6.45, 7) is 7.94. The van der Waals surface area contributed by atoms with Crippen LogP contribution in [0.15, 0.2) is 46.7 Å². The van der Waals surface area contributed by atoms with Gasteiger partial charge in [0, 0.05) is 38.0 Å². The molecule has 0 saturated carbocycles. The number of methoxy groups -OCH3 is 1. The molecule has 170 valence electrons. The molecule has 1 saturated heterocycles. The topological polar surface area (TPSA) is 62.7 Å². The van der Waals surface area contributed by atoms with Crippen LogP contribution in [0.3, 0.4) is 0 Å². The minimum atomic E-state index is -3.51. The van der Waals surface area contributed by atoms with Crippen LogP contribution in [0.2, 0.25) is 0 Å². The van der Waals surface area contributed by atoms with Crippen molar-refractivity contribution in [1.29, 1.82) is 0 Å². The van der Waals surface area contributed by atoms with Crippen LogP contribution in [0.4, 0.5) is 5.13 Å². The van der Waals surface area contributed by atoms with E-state index in [0.717, 1.165) is 39.7 Å². The molecule has 2 heterocycles. The number of hydrogen-bond donors (Lipinski definition) is 0. The Bertz CT molecular complexity index is 1170. The van der Waals surface area contributed by atoms with Gasteiger partial charge in [-0.3, -0.25) is 0 Å². The maximum Gasteiger partial charge on any atom is 0.243 e. The van der Waals surface area contributed by atoms with Gasteiger partial charge in [-0.2, -0.15) is 4.31 Å². The van der Waals surface area contributed by atoms with Crippen LogP contribution in [-0.2, 0) is 16.4 Å². The summed E-state index contributed by atoms with van der Waals surface area (Å²) in [4.78, 5) is 7.44. The first-order valence-electron chi connectivity index (χ1n) is 10.7. The number of sulfonamides is 1. The third kappa shape index (κ3) is 4.67. The number of aromatic nitrogens is 1. The first-order valence-corrected chi connectivity index (χ1v) is 13.0. The van der Waals surface area contributed by atoms with E-state index in [1.165, 1.54) is 5.56 Å². The largest absolute Gasteiger partial charge is 0.497 e. The molecule has 0 amide bonds. The molecule has 4 rings (SSSR count). The van der Waals surface area contributed by atoms with Crippen LogP contribution in [0.5, 0.6) is 5.75 Å². The molecule has 3 aromatic rings. The van der Waals surface area contributed by atoms with Crippen molar-refractivity contribution in [1.82, 2.24) is 9.29 Å². The van der Waals surface area contributed by atoms with E-state index in [1.807, 2.05) is 45.0 Å². The van der Waals surface area contributed by atoms with Crippen molar-refractivity contribution >= 4 is 26.5 Å². The van der Waals surface area contributed by atoms with Crippen LogP contribution in [0.1, 0.15) is 27.9 Å². The number of thiazole rings is 1. The molecule has 1 aromatic heterocycles. The van der Waals surface area contributed by atoms with E-state index in [2.05, 4.69) is 22.4 Å². The Labute approximate surface area is 194 Å². The van der Waals surface area contributed by atoms with Crippen LogP contribution >= 0.6 is 11.3 Å². The summed E-state index contributed by atoms with van der Waals surface area (Å²) in [7, 11) is -1.85. The molecule has 2 aromatic carbocycles. The molecule has 1 fully saturated rings. The van der Waals surface area contributed by atoms with Gasteiger partial charge < -0.3 is 9.64 Å². The minimum Gasteiger partial charge on any atom is -0.497 e. The highest BCUT2D eigenvalue weighted by Crippen LogP contribution is 2.28. The van der Waals surface area contributed by atoms with Crippen LogP contribution in [0, 0.1) is 20.8 Å². The zero-order valence-electron chi connectivity index (χ0n) is 19.0. The number of aryl methyl sites for hydroxylation is 3. The monoisotopic (exact) mass is 471 g/mol. The molecule has 0 atom stereocenters. The third-order valence-corrected chi connectivity index (χ3v) is 8.95. The van der Waals surface area contributed by atoms with Crippen molar-refractivity contribution < 1.29 is 13.2 Å². The van der Waals surface area contributed by atoms with Crippen molar-refractivity contribution in [3.8, 4) is 5.75 Å². The first-order chi connectivity index (χ1) is 15.3. The average Bonchev–Trinajstić information content (AvgIpc) is 3.22. The molecule has 0 N–H and O–H groups in total. The van der Waals surface area contributed by atoms with Crippen LogP contribution < -0.4 is 9.64 Å². The number of nitrogens with zero attached hydrogens (tertiary/aromatic N) is 3. The molecule has 32 heavy (non-hydrogen) atoms. The van der Waals surface area contributed by atoms with E-state index >= 15 is 0 Å². The Morgan fingerprint density at radius 1 is 1.00 bits per heavy atom. The summed E-state index contributed by atoms with van der Waals surface area (Å²) in [5.41, 5.74) is 4.91. The summed E-state index contributed by atoms with van der Waals surface area (Å²) >= 11 is 1.62. The molecule has 1 aliphatic rings. The second-order valence-corrected chi connectivity index (χ2v) is 11.0. The lowest BCUT2D eigenvalue weighted by molar-refractivity contribution is 0.384. The van der Waals surface area contributed by atoms with E-state index in [-0.39, 0.29) is 0 Å². The fraction of sp³-hybridized carbons (Fsp3) is 0.375. The van der Waals surface area contributed by atoms with Gasteiger partial charge >= 0.3 is 0 Å². The highest BCUT2D eigenvalue weighted by Gasteiger charge is 2.31. The molecular weight excluding hydrogens is 442 g/mol. The minimum absolute atomic E-state index is 0.451. The highest BCUT2D eigenvalue weighted by atomic mass is 32.2. The molecule has 0 aliphatic carbocycles. The lowest BCUT2D eigenvalue weighted by atomic mass is 10.1. The van der Waals surface area contributed by atoms with E-state index in [9.17, 15) is 8.42 Å². The second-order valence-electron chi connectivity index (χ2n) is 8.27. The molecule has 8 heteroatoms. The summed E-state index contributed by atoms with van der Waals surface area (Å²) < 4.78 is 33.5. The fourth-order valence-electron chi connectivity index (χ4n) is 4.30. The van der Waals surface area contributed by atoms with E-state index in [1.54, 1.807) is 22.8 Å². The van der Waals surface area contributed by atoms with E-state index in [4.69, 9.17) is 9.72 Å². The Balaban J connectivity index is 1.42. The number of piperazine rings is 1. The Morgan fingerprint density at radius 3 is 2.22 bits per heavy atom. The molecule has 0 unspecified atom stereocenters. The summed E-state index contributed by atoms with van der Waals surface area (Å²) in [6, 6.07) is 11.9. The first kappa shape index (κ1) is 22.8. The number of benzene rings is 2. The summed E-state index contributed by atoms with van der Waals surface area (Å²) in [5, 5.41) is 3.04. The molecule has 6 nitrogen and oxygen atoms in total. The zero-order valence-corrected chi connectivity index (χ0v) is 20.6. The van der Waals surface area contributed by atoms with Crippen molar-refractivity contribution in [3.05, 3.63) is 69.7 Å². The highest BCUT2D eigenvalue weighted by molar-refractivity contribution is 7.89. The molecule has 0 bridgehead atoms. The Kier molecular flexibility index (Phi) is 6.55. The fourth-order valence-corrected chi connectivity index (χ4v) is 7.01. The number of hydrogen-bond acceptors (Lipinski definition) is 6. The quantitative estimate of drug-likeness (QED) is 0.540. The smallest absolute Gasteiger partial charge is 0.243 e. The number of anilines is 1. The third-order valence-electron chi connectivity index (χ3n) is 5.80. The SMILES string of the molecule is COc1ccc(Cc2csc(N3CCN(S(=O)(=O)c4c(C)cc(C)cc4C)CC3)n2)cc1. The second kappa shape index (κ2) is 9.21. The number of rotatable bonds is 6. The summed E-state index contributed by atoms with van der Waals surface area (Å²) in [6.07, 6.45) is 0.765. The van der Waals surface area contributed by atoms with Crippen molar-refractivity contribution in [2.45, 2.75) is 32.1 Å². The van der Waals surface area contributed by atoms with Crippen LogP contribution in [0.25, 0.3) is 0 Å². The maximum absolute atomic E-state index is 13.3. The van der Waals surface area contributed by atoms with E-state index in [0.29, 0.717) is 31.1 Å². The normalized spacial score (nSPS) is 15.2. The number of ether oxygens (including phenoxy) is 1. The van der Waals surface area contributed by atoms with Gasteiger partial charge in [0.2, 0.25) is 10.0 Å². The van der Waals surface area contributed by atoms with Crippen LogP contribution in [-0.4, -0.2) is 51.0 Å². The predicted octanol–water partition coefficient (Wildman–Crippen LogP) is 4.18.